The van der Waals surface area contributed by atoms with Gasteiger partial charge in [0.25, 0.3) is 0 Å². The van der Waals surface area contributed by atoms with Gasteiger partial charge in [0.05, 0.1) is 6.20 Å². The van der Waals surface area contributed by atoms with Crippen molar-refractivity contribution in [2.75, 3.05) is 7.05 Å². The Kier molecular flexibility index (Phi) is 5.25. The average Bonchev–Trinajstić information content (AvgIpc) is 2.96. The number of aromatic nitrogens is 3. The lowest BCUT2D eigenvalue weighted by atomic mass is 10.2. The van der Waals surface area contributed by atoms with Crippen molar-refractivity contribution in [1.82, 2.24) is 19.9 Å². The van der Waals surface area contributed by atoms with E-state index < -0.39 is 24.0 Å². The summed E-state index contributed by atoms with van der Waals surface area (Å²) >= 11 is 0. The molecule has 8 nitrogen and oxygen atoms in total. The number of carboxylic acids is 1. The van der Waals surface area contributed by atoms with Crippen LogP contribution >= 0.6 is 0 Å². The molecule has 0 radical (unpaired) electrons. The van der Waals surface area contributed by atoms with Crippen LogP contribution in [0.15, 0.2) is 30.5 Å². The predicted molar refractivity (Wildman–Crippen MR) is 76.6 cm³/mol. The van der Waals surface area contributed by atoms with E-state index in [-0.39, 0.29) is 24.3 Å². The summed E-state index contributed by atoms with van der Waals surface area (Å²) in [5.41, 5.74) is -0.153. The zero-order chi connectivity index (χ0) is 18.6. The van der Waals surface area contributed by atoms with Crippen LogP contribution in [0.1, 0.15) is 16.1 Å². The number of carbonyl (C=O) groups excluding carboxylic acids is 1. The molecular formula is C14H13F3N4O4. The van der Waals surface area contributed by atoms with Crippen molar-refractivity contribution in [3.63, 3.8) is 0 Å². The molecule has 0 bridgehead atoms. The summed E-state index contributed by atoms with van der Waals surface area (Å²) in [6.07, 6.45) is -3.76. The Morgan fingerprint density at radius 2 is 2.00 bits per heavy atom. The number of rotatable bonds is 6. The van der Waals surface area contributed by atoms with E-state index in [1.165, 1.54) is 30.1 Å². The monoisotopic (exact) mass is 358 g/mol. The van der Waals surface area contributed by atoms with Gasteiger partial charge < -0.3 is 14.7 Å². The first-order valence-electron chi connectivity index (χ1n) is 6.87. The zero-order valence-corrected chi connectivity index (χ0v) is 12.9. The van der Waals surface area contributed by atoms with Crippen LogP contribution in [-0.2, 0) is 17.9 Å². The smallest absolute Gasteiger partial charge is 0.476 e. The fraction of sp³-hybridized carbons (Fsp3) is 0.286. The molecule has 11 heteroatoms. The topological polar surface area (TPSA) is 97.5 Å². The second kappa shape index (κ2) is 7.20. The van der Waals surface area contributed by atoms with E-state index in [9.17, 15) is 22.8 Å². The SMILES string of the molecule is CN(Cc1ccccc1OC(F)(F)F)C(=O)Cn1cc(C(=O)O)nn1. The fourth-order valence-corrected chi connectivity index (χ4v) is 1.94. The van der Waals surface area contributed by atoms with Gasteiger partial charge in [-0.3, -0.25) is 4.79 Å². The van der Waals surface area contributed by atoms with Gasteiger partial charge in [0.2, 0.25) is 5.91 Å². The first kappa shape index (κ1) is 18.2. The summed E-state index contributed by atoms with van der Waals surface area (Å²) in [6.45, 7) is -0.440. The molecule has 0 spiro atoms. The molecule has 1 aromatic heterocycles. The molecule has 0 atom stereocenters. The summed E-state index contributed by atoms with van der Waals surface area (Å²) in [6, 6.07) is 5.46. The number of hydrogen-bond donors (Lipinski definition) is 1. The van der Waals surface area contributed by atoms with Gasteiger partial charge in [-0.15, -0.1) is 18.3 Å². The molecule has 1 amide bonds. The number of alkyl halides is 3. The third-order valence-corrected chi connectivity index (χ3v) is 3.09. The number of para-hydroxylation sites is 1. The number of aromatic carboxylic acids is 1. The lowest BCUT2D eigenvalue weighted by Crippen LogP contribution is -2.30. The van der Waals surface area contributed by atoms with Gasteiger partial charge in [-0.05, 0) is 6.07 Å². The number of likely N-dealkylation sites (N-methyl/N-ethyl adjacent to an activating group) is 1. The maximum atomic E-state index is 12.4. The molecule has 2 aromatic rings. The number of carboxylic acid groups (broad SMARTS) is 1. The van der Waals surface area contributed by atoms with Crippen molar-refractivity contribution in [2.45, 2.75) is 19.5 Å². The third kappa shape index (κ3) is 5.19. The maximum Gasteiger partial charge on any atom is 0.573 e. The Morgan fingerprint density at radius 3 is 2.60 bits per heavy atom. The van der Waals surface area contributed by atoms with Crippen LogP contribution in [0.3, 0.4) is 0 Å². The third-order valence-electron chi connectivity index (χ3n) is 3.09. The van der Waals surface area contributed by atoms with Crippen molar-refractivity contribution in [3.05, 3.63) is 41.7 Å². The molecule has 0 aliphatic rings. The Labute approximate surface area is 139 Å². The molecule has 0 fully saturated rings. The summed E-state index contributed by atoms with van der Waals surface area (Å²) in [5.74, 6) is -2.18. The highest BCUT2D eigenvalue weighted by Crippen LogP contribution is 2.26. The van der Waals surface area contributed by atoms with Crippen LogP contribution in [0.4, 0.5) is 13.2 Å². The molecule has 25 heavy (non-hydrogen) atoms. The first-order chi connectivity index (χ1) is 11.7. The first-order valence-corrected chi connectivity index (χ1v) is 6.87. The van der Waals surface area contributed by atoms with Crippen LogP contribution in [0.25, 0.3) is 0 Å². The lowest BCUT2D eigenvalue weighted by Gasteiger charge is -2.19. The van der Waals surface area contributed by atoms with E-state index in [1.54, 1.807) is 0 Å². The molecule has 0 saturated carbocycles. The van der Waals surface area contributed by atoms with Gasteiger partial charge in [-0.25, -0.2) is 9.48 Å². The van der Waals surface area contributed by atoms with Gasteiger partial charge in [-0.2, -0.15) is 0 Å². The fourth-order valence-electron chi connectivity index (χ4n) is 1.94. The maximum absolute atomic E-state index is 12.4. The number of ether oxygens (including phenoxy) is 1. The van der Waals surface area contributed by atoms with Gasteiger partial charge in [-0.1, -0.05) is 23.4 Å². The largest absolute Gasteiger partial charge is 0.573 e. The quantitative estimate of drug-likeness (QED) is 0.841. The van der Waals surface area contributed by atoms with Crippen LogP contribution in [0, 0.1) is 0 Å². The minimum absolute atomic E-state index is 0.133. The van der Waals surface area contributed by atoms with Crippen LogP contribution in [-0.4, -0.2) is 50.3 Å². The molecule has 1 heterocycles. The summed E-state index contributed by atoms with van der Waals surface area (Å²) in [4.78, 5) is 24.0. The summed E-state index contributed by atoms with van der Waals surface area (Å²) in [5, 5.41) is 15.6. The van der Waals surface area contributed by atoms with Gasteiger partial charge in [0.15, 0.2) is 5.69 Å². The van der Waals surface area contributed by atoms with Crippen LogP contribution in [0.2, 0.25) is 0 Å². The minimum atomic E-state index is -4.84. The number of benzene rings is 1. The van der Waals surface area contributed by atoms with Gasteiger partial charge >= 0.3 is 12.3 Å². The van der Waals surface area contributed by atoms with Crippen molar-refractivity contribution >= 4 is 11.9 Å². The highest BCUT2D eigenvalue weighted by Gasteiger charge is 2.32. The molecule has 1 aromatic carbocycles. The lowest BCUT2D eigenvalue weighted by molar-refractivity contribution is -0.275. The van der Waals surface area contributed by atoms with E-state index in [4.69, 9.17) is 5.11 Å². The van der Waals surface area contributed by atoms with Gasteiger partial charge in [0, 0.05) is 19.2 Å². The summed E-state index contributed by atoms with van der Waals surface area (Å²) < 4.78 is 42.2. The second-order valence-electron chi connectivity index (χ2n) is 5.01. The van der Waals surface area contributed by atoms with E-state index >= 15 is 0 Å². The molecule has 0 aliphatic carbocycles. The summed E-state index contributed by atoms with van der Waals surface area (Å²) in [7, 11) is 1.39. The molecule has 0 aliphatic heterocycles. The number of halogens is 3. The standard InChI is InChI=1S/C14H13F3N4O4/c1-20(12(22)8-21-7-10(13(23)24)18-19-21)6-9-4-2-3-5-11(9)25-14(15,16)17/h2-5,7H,6,8H2,1H3,(H,23,24). The number of amides is 1. The molecule has 0 saturated heterocycles. The molecule has 0 unspecified atom stereocenters. The number of carbonyl (C=O) groups is 2. The molecule has 134 valence electrons. The normalized spacial score (nSPS) is 11.2. The van der Waals surface area contributed by atoms with Crippen molar-refractivity contribution < 1.29 is 32.6 Å². The molecular weight excluding hydrogens is 345 g/mol. The van der Waals surface area contributed by atoms with Gasteiger partial charge in [0.1, 0.15) is 12.3 Å². The van der Waals surface area contributed by atoms with E-state index in [2.05, 4.69) is 15.0 Å². The minimum Gasteiger partial charge on any atom is -0.476 e. The Morgan fingerprint density at radius 1 is 1.32 bits per heavy atom. The Bertz CT molecular complexity index is 775. The molecule has 2 rings (SSSR count). The van der Waals surface area contributed by atoms with E-state index in [0.717, 1.165) is 16.9 Å². The Hall–Kier alpha value is -3.11. The van der Waals surface area contributed by atoms with Crippen LogP contribution in [0.5, 0.6) is 5.75 Å². The number of nitrogens with zero attached hydrogens (tertiary/aromatic N) is 4. The highest BCUT2D eigenvalue weighted by atomic mass is 19.4. The highest BCUT2D eigenvalue weighted by molar-refractivity contribution is 5.84. The number of hydrogen-bond acceptors (Lipinski definition) is 5. The zero-order valence-electron chi connectivity index (χ0n) is 12.9. The van der Waals surface area contributed by atoms with Crippen LogP contribution < -0.4 is 4.74 Å². The average molecular weight is 358 g/mol. The van der Waals surface area contributed by atoms with Crippen molar-refractivity contribution in [1.29, 1.82) is 0 Å². The van der Waals surface area contributed by atoms with E-state index in [1.807, 2.05) is 0 Å². The van der Waals surface area contributed by atoms with E-state index in [0.29, 0.717) is 0 Å². The second-order valence-corrected chi connectivity index (χ2v) is 5.01. The van der Waals surface area contributed by atoms with Crippen molar-refractivity contribution in [2.24, 2.45) is 0 Å². The molecule has 1 N–H and O–H groups in total. The van der Waals surface area contributed by atoms with Crippen molar-refractivity contribution in [3.8, 4) is 5.75 Å². The Balaban J connectivity index is 2.04. The predicted octanol–water partition coefficient (Wildman–Crippen LogP) is 1.53.